The van der Waals surface area contributed by atoms with Gasteiger partial charge in [-0.2, -0.15) is 22.0 Å². The molecule has 1 amide bonds. The molecule has 1 fully saturated rings. The van der Waals surface area contributed by atoms with Crippen LogP contribution in [-0.2, 0) is 11.2 Å². The highest BCUT2D eigenvalue weighted by atomic mass is 32.2. The van der Waals surface area contributed by atoms with Crippen LogP contribution in [0.25, 0.3) is 17.1 Å². The van der Waals surface area contributed by atoms with E-state index >= 15 is 0 Å². The number of ether oxygens (including phenoxy) is 1. The molecule has 1 atom stereocenters. The van der Waals surface area contributed by atoms with E-state index in [2.05, 4.69) is 37.6 Å². The summed E-state index contributed by atoms with van der Waals surface area (Å²) < 4.78 is 68.7. The highest BCUT2D eigenvalue weighted by Crippen LogP contribution is 2.37. The average molecular weight is 660 g/mol. The lowest BCUT2D eigenvalue weighted by molar-refractivity contribution is -0.360. The number of hydrazine groups is 1. The molecule has 0 aliphatic carbocycles. The summed E-state index contributed by atoms with van der Waals surface area (Å²) in [6.07, 6.45) is -8.93. The van der Waals surface area contributed by atoms with Crippen LogP contribution >= 0.6 is 11.8 Å². The minimum absolute atomic E-state index is 0.00759. The molecule has 1 aromatic heterocycles. The third-order valence-corrected chi connectivity index (χ3v) is 8.10. The minimum atomic E-state index is -5.83. The van der Waals surface area contributed by atoms with Crippen molar-refractivity contribution in [2.45, 2.75) is 45.5 Å². The number of aryl methyl sites for hydroxylation is 2. The van der Waals surface area contributed by atoms with Gasteiger partial charge in [0.25, 0.3) is 0 Å². The van der Waals surface area contributed by atoms with Gasteiger partial charge in [-0.15, -0.1) is 5.10 Å². The van der Waals surface area contributed by atoms with Crippen molar-refractivity contribution in [2.24, 2.45) is 4.99 Å². The van der Waals surface area contributed by atoms with Crippen LogP contribution in [0.2, 0.25) is 0 Å². The first-order valence-electron chi connectivity index (χ1n) is 14.2. The summed E-state index contributed by atoms with van der Waals surface area (Å²) in [6.45, 7) is 6.28. The fourth-order valence-electron chi connectivity index (χ4n) is 4.73. The summed E-state index contributed by atoms with van der Waals surface area (Å²) in [7, 11) is 0. The average Bonchev–Trinajstić information content (AvgIpc) is 3.66. The second-order valence-corrected chi connectivity index (χ2v) is 11.3. The number of alkyl halides is 5. The normalized spacial score (nSPS) is 15.5. The van der Waals surface area contributed by atoms with Gasteiger partial charge < -0.3 is 4.74 Å². The molecule has 1 saturated heterocycles. The van der Waals surface area contributed by atoms with Gasteiger partial charge in [0.2, 0.25) is 5.91 Å². The van der Waals surface area contributed by atoms with Gasteiger partial charge in [0.15, 0.2) is 11.0 Å². The zero-order chi connectivity index (χ0) is 33.1. The maximum Gasteiger partial charge on any atom is 0.499 e. The summed E-state index contributed by atoms with van der Waals surface area (Å²) in [5, 5.41) is 5.03. The third kappa shape index (κ3) is 7.21. The summed E-state index contributed by atoms with van der Waals surface area (Å²) in [4.78, 5) is 23.4. The van der Waals surface area contributed by atoms with Gasteiger partial charge in [0.05, 0.1) is 17.1 Å². The second kappa shape index (κ2) is 13.6. The van der Waals surface area contributed by atoms with Crippen molar-refractivity contribution >= 4 is 28.5 Å². The van der Waals surface area contributed by atoms with E-state index in [1.165, 1.54) is 34.9 Å². The number of hydrogen-bond donors (Lipinski definition) is 2. The second-order valence-electron chi connectivity index (χ2n) is 10.3. The Morgan fingerprint density at radius 3 is 2.43 bits per heavy atom. The Morgan fingerprint density at radius 1 is 1.04 bits per heavy atom. The first-order valence-corrected chi connectivity index (χ1v) is 15.2. The van der Waals surface area contributed by atoms with E-state index in [9.17, 15) is 26.7 Å². The number of rotatable bonds is 11. The van der Waals surface area contributed by atoms with Crippen LogP contribution in [0, 0.1) is 6.92 Å². The lowest BCUT2D eigenvalue weighted by atomic mass is 10.0. The van der Waals surface area contributed by atoms with Gasteiger partial charge in [0, 0.05) is 11.6 Å². The fraction of sp³-hybridized carbons (Fsp3) is 0.290. The number of nitrogens with zero attached hydrogens (tertiary/aromatic N) is 5. The number of benzene rings is 3. The molecule has 1 unspecified atom stereocenters. The predicted octanol–water partition coefficient (Wildman–Crippen LogP) is 6.59. The lowest BCUT2D eigenvalue weighted by Gasteiger charge is -2.22. The number of aliphatic imine (C=N–C) groups is 1. The summed E-state index contributed by atoms with van der Waals surface area (Å²) >= 11 is 1.41. The largest absolute Gasteiger partial charge is 0.499 e. The maximum atomic E-state index is 13.2. The van der Waals surface area contributed by atoms with Crippen molar-refractivity contribution in [2.75, 3.05) is 17.3 Å². The molecule has 46 heavy (non-hydrogen) atoms. The number of hydrogen-bond acceptors (Lipinski definition) is 8. The quantitative estimate of drug-likeness (QED) is 0.107. The lowest BCUT2D eigenvalue weighted by Crippen LogP contribution is -2.41. The molecule has 0 saturated carbocycles. The highest BCUT2D eigenvalue weighted by Gasteiger charge is 2.61. The topological polar surface area (TPSA) is 96.7 Å². The Kier molecular flexibility index (Phi) is 9.74. The molecule has 0 bridgehead atoms. The molecule has 2 N–H and O–H groups in total. The number of carbonyl (C=O) groups is 1. The smallest absolute Gasteiger partial charge is 0.426 e. The predicted molar refractivity (Wildman–Crippen MR) is 166 cm³/mol. The van der Waals surface area contributed by atoms with Crippen molar-refractivity contribution in [3.63, 3.8) is 0 Å². The molecule has 9 nitrogen and oxygen atoms in total. The van der Waals surface area contributed by atoms with Gasteiger partial charge in [-0.1, -0.05) is 61.2 Å². The van der Waals surface area contributed by atoms with E-state index in [4.69, 9.17) is 0 Å². The molecule has 1 aliphatic heterocycles. The standard InChI is InChI=1S/C31H30F5N7O2S/c1-4-21-7-5-6-19(2)27(21)43-26(44)16-46-29(43)37-17-39-40-20(3)22-8-10-23(11-9-22)28-38-18-42(41-28)24-12-14-25(15-13-24)45-31(35,36)30(32,33)34/h5-15,18,20,39-40H,4,16-17H2,1-3H3. The van der Waals surface area contributed by atoms with E-state index in [1.807, 2.05) is 56.3 Å². The van der Waals surface area contributed by atoms with E-state index in [-0.39, 0.29) is 18.6 Å². The molecule has 0 radical (unpaired) electrons. The van der Waals surface area contributed by atoms with Crippen LogP contribution in [0.3, 0.4) is 0 Å². The molecular weight excluding hydrogens is 629 g/mol. The Hall–Kier alpha value is -4.34. The molecule has 15 heteroatoms. The van der Waals surface area contributed by atoms with Crippen LogP contribution in [0.4, 0.5) is 27.6 Å². The van der Waals surface area contributed by atoms with Crippen molar-refractivity contribution in [1.82, 2.24) is 25.6 Å². The number of anilines is 1. The zero-order valence-corrected chi connectivity index (χ0v) is 25.8. The van der Waals surface area contributed by atoms with Crippen molar-refractivity contribution in [3.05, 3.63) is 89.7 Å². The number of carbonyl (C=O) groups excluding carboxylic acids is 1. The van der Waals surface area contributed by atoms with Crippen molar-refractivity contribution in [1.29, 1.82) is 0 Å². The number of thioether (sulfide) groups is 1. The first-order chi connectivity index (χ1) is 21.9. The Labute approximate surface area is 265 Å². The van der Waals surface area contributed by atoms with Gasteiger partial charge in [-0.3, -0.25) is 9.69 Å². The summed E-state index contributed by atoms with van der Waals surface area (Å²) in [5.41, 5.74) is 11.4. The summed E-state index contributed by atoms with van der Waals surface area (Å²) in [6, 6.07) is 18.0. The van der Waals surface area contributed by atoms with Gasteiger partial charge in [0.1, 0.15) is 18.7 Å². The van der Waals surface area contributed by atoms with Crippen LogP contribution < -0.4 is 20.5 Å². The SMILES string of the molecule is CCc1cccc(C)c1N1C(=O)CSC1=NCNNC(C)c1ccc(-c2ncn(-c3ccc(OC(F)(F)C(F)(F)F)cc3)n2)cc1. The van der Waals surface area contributed by atoms with E-state index < -0.39 is 18.0 Å². The van der Waals surface area contributed by atoms with Crippen molar-refractivity contribution < 1.29 is 31.5 Å². The van der Waals surface area contributed by atoms with Crippen molar-refractivity contribution in [3.8, 4) is 22.8 Å². The Balaban J connectivity index is 1.17. The zero-order valence-electron chi connectivity index (χ0n) is 25.0. The maximum absolute atomic E-state index is 13.2. The van der Waals surface area contributed by atoms with Crippen LogP contribution in [0.15, 0.2) is 78.0 Å². The highest BCUT2D eigenvalue weighted by molar-refractivity contribution is 8.15. The number of amidine groups is 1. The molecule has 5 rings (SSSR count). The summed E-state index contributed by atoms with van der Waals surface area (Å²) in [5.74, 6) is 0.0912. The first kappa shape index (κ1) is 33.0. The minimum Gasteiger partial charge on any atom is -0.426 e. The number of aromatic nitrogens is 3. The van der Waals surface area contributed by atoms with Gasteiger partial charge in [-0.25, -0.2) is 25.5 Å². The van der Waals surface area contributed by atoms with E-state index in [0.29, 0.717) is 28.0 Å². The van der Waals surface area contributed by atoms with Crippen LogP contribution in [0.1, 0.15) is 36.6 Å². The van der Waals surface area contributed by atoms with Crippen LogP contribution in [0.5, 0.6) is 5.75 Å². The molecule has 4 aromatic rings. The molecule has 242 valence electrons. The molecular formula is C31H30F5N7O2S. The van der Waals surface area contributed by atoms with Gasteiger partial charge in [-0.05, 0) is 61.2 Å². The number of nitrogens with one attached hydrogen (secondary N) is 2. The molecule has 0 spiro atoms. The number of amides is 1. The van der Waals surface area contributed by atoms with Gasteiger partial charge >= 0.3 is 12.3 Å². The third-order valence-electron chi connectivity index (χ3n) is 7.14. The molecule has 1 aliphatic rings. The van der Waals surface area contributed by atoms with E-state index in [0.717, 1.165) is 40.9 Å². The fourth-order valence-corrected chi connectivity index (χ4v) is 5.59. The van der Waals surface area contributed by atoms with E-state index in [1.54, 1.807) is 4.90 Å². The number of para-hydroxylation sites is 1. The van der Waals surface area contributed by atoms with Crippen LogP contribution in [-0.4, -0.2) is 50.5 Å². The Morgan fingerprint density at radius 2 is 1.76 bits per heavy atom. The molecule has 2 heterocycles. The monoisotopic (exact) mass is 659 g/mol. The number of halogens is 5. The molecule has 3 aromatic carbocycles. The Bertz CT molecular complexity index is 1710.